The number of nitrogens with one attached hydrogen (secondary N) is 1. The van der Waals surface area contributed by atoms with Gasteiger partial charge in [-0.25, -0.2) is 0 Å². The van der Waals surface area contributed by atoms with Crippen LogP contribution in [-0.4, -0.2) is 36.4 Å². The molecular formula is C19H28N2O3. The molecule has 2 amide bonds. The van der Waals surface area contributed by atoms with Gasteiger partial charge in [0.25, 0.3) is 0 Å². The van der Waals surface area contributed by atoms with Gasteiger partial charge in [-0.3, -0.25) is 9.59 Å². The number of amides is 2. The zero-order chi connectivity index (χ0) is 17.4. The van der Waals surface area contributed by atoms with Crippen molar-refractivity contribution in [2.75, 3.05) is 13.7 Å². The maximum absolute atomic E-state index is 12.6. The van der Waals surface area contributed by atoms with Crippen molar-refractivity contribution in [3.05, 3.63) is 35.4 Å². The van der Waals surface area contributed by atoms with Crippen molar-refractivity contribution in [3.8, 4) is 0 Å². The van der Waals surface area contributed by atoms with E-state index in [1.165, 1.54) is 0 Å². The summed E-state index contributed by atoms with van der Waals surface area (Å²) < 4.78 is 5.20. The average molecular weight is 332 g/mol. The van der Waals surface area contributed by atoms with Crippen LogP contribution in [0.15, 0.2) is 24.3 Å². The first-order valence-corrected chi connectivity index (χ1v) is 8.80. The first-order valence-electron chi connectivity index (χ1n) is 8.80. The molecule has 0 radical (unpaired) electrons. The van der Waals surface area contributed by atoms with Gasteiger partial charge in [-0.1, -0.05) is 31.2 Å². The van der Waals surface area contributed by atoms with E-state index in [0.29, 0.717) is 26.1 Å². The standard InChI is InChI=1S/C19H28N2O3/c1-3-8-18(22)21-12-7-6-11-17(21)19(23)20-13-15-9-4-5-10-16(15)14-24-2/h4-5,9-10,17H,3,6-8,11-14H2,1-2H3,(H,20,23). The van der Waals surface area contributed by atoms with E-state index in [-0.39, 0.29) is 17.9 Å². The summed E-state index contributed by atoms with van der Waals surface area (Å²) in [7, 11) is 1.66. The first-order chi connectivity index (χ1) is 11.7. The van der Waals surface area contributed by atoms with Crippen LogP contribution in [0.4, 0.5) is 0 Å². The second-order valence-electron chi connectivity index (χ2n) is 6.27. The van der Waals surface area contributed by atoms with E-state index in [9.17, 15) is 9.59 Å². The van der Waals surface area contributed by atoms with E-state index < -0.39 is 0 Å². The van der Waals surface area contributed by atoms with Crippen molar-refractivity contribution >= 4 is 11.8 Å². The Kier molecular flexibility index (Phi) is 7.25. The lowest BCUT2D eigenvalue weighted by atomic mass is 10.00. The molecule has 1 aromatic carbocycles. The summed E-state index contributed by atoms with van der Waals surface area (Å²) in [5.74, 6) is 0.0449. The largest absolute Gasteiger partial charge is 0.380 e. The van der Waals surface area contributed by atoms with E-state index in [0.717, 1.165) is 36.8 Å². The van der Waals surface area contributed by atoms with Crippen molar-refractivity contribution in [1.82, 2.24) is 10.2 Å². The minimum Gasteiger partial charge on any atom is -0.380 e. The zero-order valence-electron chi connectivity index (χ0n) is 14.7. The molecule has 1 unspecified atom stereocenters. The Hall–Kier alpha value is -1.88. The molecule has 1 aromatic rings. The van der Waals surface area contributed by atoms with Gasteiger partial charge < -0.3 is 15.0 Å². The topological polar surface area (TPSA) is 58.6 Å². The second kappa shape index (κ2) is 9.42. The number of carbonyl (C=O) groups excluding carboxylic acids is 2. The number of carbonyl (C=O) groups is 2. The monoisotopic (exact) mass is 332 g/mol. The van der Waals surface area contributed by atoms with Gasteiger partial charge in [0.05, 0.1) is 6.61 Å². The van der Waals surface area contributed by atoms with E-state index in [2.05, 4.69) is 5.32 Å². The first kappa shape index (κ1) is 18.5. The number of likely N-dealkylation sites (tertiary alicyclic amines) is 1. The fourth-order valence-electron chi connectivity index (χ4n) is 3.19. The highest BCUT2D eigenvalue weighted by atomic mass is 16.5. The lowest BCUT2D eigenvalue weighted by Crippen LogP contribution is -2.51. The zero-order valence-corrected chi connectivity index (χ0v) is 14.7. The fraction of sp³-hybridized carbons (Fsp3) is 0.579. The van der Waals surface area contributed by atoms with Crippen LogP contribution in [0.1, 0.15) is 50.2 Å². The molecule has 24 heavy (non-hydrogen) atoms. The van der Waals surface area contributed by atoms with Crippen molar-refractivity contribution in [1.29, 1.82) is 0 Å². The van der Waals surface area contributed by atoms with Crippen LogP contribution in [0.5, 0.6) is 0 Å². The quantitative estimate of drug-likeness (QED) is 0.835. The number of piperidine rings is 1. The molecule has 132 valence electrons. The molecule has 1 fully saturated rings. The van der Waals surface area contributed by atoms with E-state index in [1.54, 1.807) is 12.0 Å². The molecule has 1 atom stereocenters. The SMILES string of the molecule is CCCC(=O)N1CCCCC1C(=O)NCc1ccccc1COC. The molecule has 1 N–H and O–H groups in total. The highest BCUT2D eigenvalue weighted by molar-refractivity contribution is 5.87. The summed E-state index contributed by atoms with van der Waals surface area (Å²) in [5, 5.41) is 3.01. The minimum atomic E-state index is -0.326. The maximum Gasteiger partial charge on any atom is 0.243 e. The number of nitrogens with zero attached hydrogens (tertiary/aromatic N) is 1. The van der Waals surface area contributed by atoms with Gasteiger partial charge in [0.1, 0.15) is 6.04 Å². The van der Waals surface area contributed by atoms with Crippen LogP contribution in [-0.2, 0) is 27.5 Å². The predicted octanol–water partition coefficient (Wildman–Crippen LogP) is 2.63. The van der Waals surface area contributed by atoms with Gasteiger partial charge >= 0.3 is 0 Å². The third-order valence-corrected chi connectivity index (χ3v) is 4.46. The van der Waals surface area contributed by atoms with Gasteiger partial charge in [-0.15, -0.1) is 0 Å². The molecule has 0 aromatic heterocycles. The molecule has 0 spiro atoms. The summed E-state index contributed by atoms with van der Waals surface area (Å²) >= 11 is 0. The minimum absolute atomic E-state index is 0.0497. The van der Waals surface area contributed by atoms with Gasteiger partial charge in [0.15, 0.2) is 0 Å². The molecule has 0 bridgehead atoms. The summed E-state index contributed by atoms with van der Waals surface area (Å²) in [6.45, 7) is 3.67. The molecule has 5 nitrogen and oxygen atoms in total. The van der Waals surface area contributed by atoms with E-state index in [1.807, 2.05) is 31.2 Å². The van der Waals surface area contributed by atoms with Crippen molar-refractivity contribution in [2.24, 2.45) is 0 Å². The Balaban J connectivity index is 1.99. The molecule has 1 aliphatic heterocycles. The number of ether oxygens (including phenoxy) is 1. The second-order valence-corrected chi connectivity index (χ2v) is 6.27. The van der Waals surface area contributed by atoms with Gasteiger partial charge in [-0.2, -0.15) is 0 Å². The Bertz CT molecular complexity index is 559. The van der Waals surface area contributed by atoms with E-state index >= 15 is 0 Å². The molecule has 1 saturated heterocycles. The molecule has 1 aliphatic rings. The Morgan fingerprint density at radius 1 is 1.25 bits per heavy atom. The number of hydrogen-bond donors (Lipinski definition) is 1. The van der Waals surface area contributed by atoms with Gasteiger partial charge in [-0.05, 0) is 36.8 Å². The summed E-state index contributed by atoms with van der Waals surface area (Å²) in [6.07, 6.45) is 4.06. The summed E-state index contributed by atoms with van der Waals surface area (Å²) in [6, 6.07) is 7.59. The normalized spacial score (nSPS) is 17.6. The molecule has 0 saturated carbocycles. The van der Waals surface area contributed by atoms with Crippen molar-refractivity contribution in [3.63, 3.8) is 0 Å². The lowest BCUT2D eigenvalue weighted by Gasteiger charge is -2.34. The summed E-state index contributed by atoms with van der Waals surface area (Å²) in [5.41, 5.74) is 2.12. The van der Waals surface area contributed by atoms with Crippen LogP contribution in [0.3, 0.4) is 0 Å². The van der Waals surface area contributed by atoms with Gasteiger partial charge in [0.2, 0.25) is 11.8 Å². The number of hydrogen-bond acceptors (Lipinski definition) is 3. The van der Waals surface area contributed by atoms with Gasteiger partial charge in [0, 0.05) is 26.6 Å². The van der Waals surface area contributed by atoms with E-state index in [4.69, 9.17) is 4.74 Å². The van der Waals surface area contributed by atoms with Crippen molar-refractivity contribution in [2.45, 2.75) is 58.2 Å². The maximum atomic E-state index is 12.6. The number of methoxy groups -OCH3 is 1. The lowest BCUT2D eigenvalue weighted by molar-refractivity contribution is -0.142. The molecule has 2 rings (SSSR count). The molecule has 0 aliphatic carbocycles. The van der Waals surface area contributed by atoms with Crippen LogP contribution < -0.4 is 5.32 Å². The third-order valence-electron chi connectivity index (χ3n) is 4.46. The Morgan fingerprint density at radius 2 is 2.00 bits per heavy atom. The molecule has 5 heteroatoms. The Labute approximate surface area is 144 Å². The fourth-order valence-corrected chi connectivity index (χ4v) is 3.19. The number of benzene rings is 1. The third kappa shape index (κ3) is 4.81. The van der Waals surface area contributed by atoms with Crippen molar-refractivity contribution < 1.29 is 14.3 Å². The number of rotatable bonds is 7. The van der Waals surface area contributed by atoms with Crippen LogP contribution >= 0.6 is 0 Å². The van der Waals surface area contributed by atoms with Crippen LogP contribution in [0.25, 0.3) is 0 Å². The average Bonchev–Trinajstić information content (AvgIpc) is 2.61. The molecular weight excluding hydrogens is 304 g/mol. The van der Waals surface area contributed by atoms with Crippen LogP contribution in [0, 0.1) is 0 Å². The van der Waals surface area contributed by atoms with Crippen LogP contribution in [0.2, 0.25) is 0 Å². The Morgan fingerprint density at radius 3 is 2.71 bits per heavy atom. The predicted molar refractivity (Wildman–Crippen MR) is 93.3 cm³/mol. The molecule has 1 heterocycles. The highest BCUT2D eigenvalue weighted by Gasteiger charge is 2.31. The highest BCUT2D eigenvalue weighted by Crippen LogP contribution is 2.19. The summed E-state index contributed by atoms with van der Waals surface area (Å²) in [4.78, 5) is 26.6. The smallest absolute Gasteiger partial charge is 0.243 e.